The molecule has 0 radical (unpaired) electrons. The molecule has 3 aromatic heterocycles. The Morgan fingerprint density at radius 1 is 0.737 bits per heavy atom. The normalized spacial score (nSPS) is 18.2. The summed E-state index contributed by atoms with van der Waals surface area (Å²) in [4.78, 5) is 4.87. The molecule has 1 unspecified atom stereocenters. The first-order valence-corrected chi connectivity index (χ1v) is 20.5. The van der Waals surface area contributed by atoms with Gasteiger partial charge in [0.25, 0.3) is 0 Å². The second kappa shape index (κ2) is 15.0. The minimum Gasteiger partial charge on any atom is -0.509 e. The van der Waals surface area contributed by atoms with Crippen molar-refractivity contribution in [1.29, 1.82) is 0 Å². The summed E-state index contributed by atoms with van der Waals surface area (Å²) < 4.78 is 11.1. The molecule has 1 aliphatic carbocycles. The number of benzene rings is 3. The minimum absolute atomic E-state index is 0. The zero-order chi connectivity index (χ0) is 40.7. The van der Waals surface area contributed by atoms with Crippen LogP contribution in [0.4, 0.5) is 0 Å². The number of allylic oxidation sites excluding steroid dienone is 2. The van der Waals surface area contributed by atoms with E-state index in [9.17, 15) is 0 Å². The Kier molecular flexibility index (Phi) is 11.2. The maximum absolute atomic E-state index is 6.78. The van der Waals surface area contributed by atoms with Gasteiger partial charge < -0.3 is 9.30 Å². The summed E-state index contributed by atoms with van der Waals surface area (Å²) in [6.07, 6.45) is 5.64. The average Bonchev–Trinajstić information content (AvgIpc) is 3.58. The zero-order valence-electron chi connectivity index (χ0n) is 36.9. The van der Waals surface area contributed by atoms with Crippen LogP contribution in [0.1, 0.15) is 130 Å². The molecule has 0 fully saturated rings. The Balaban J connectivity index is 0.00000549. The second-order valence-corrected chi connectivity index (χ2v) is 20.6. The molecule has 0 spiro atoms. The van der Waals surface area contributed by atoms with Crippen LogP contribution >= 0.6 is 0 Å². The Morgan fingerprint density at radius 3 is 2.07 bits per heavy atom. The topological polar surface area (TPSA) is 44.9 Å². The van der Waals surface area contributed by atoms with E-state index in [1.807, 2.05) is 12.3 Å². The van der Waals surface area contributed by atoms with Crippen LogP contribution in [0.5, 0.6) is 11.5 Å². The summed E-state index contributed by atoms with van der Waals surface area (Å²) in [6, 6.07) is 28.7. The summed E-state index contributed by atoms with van der Waals surface area (Å²) in [5, 5.41) is 7.56. The van der Waals surface area contributed by atoms with Gasteiger partial charge in [0.1, 0.15) is 5.82 Å². The fraction of sp³-hybridized carbons (Fsp3) is 0.451. The number of pyridine rings is 1. The van der Waals surface area contributed by atoms with Crippen molar-refractivity contribution in [2.45, 2.75) is 127 Å². The van der Waals surface area contributed by atoms with Crippen molar-refractivity contribution in [3.63, 3.8) is 0 Å². The molecular formula is C51H62N4OPt. The maximum atomic E-state index is 6.78. The quantitative estimate of drug-likeness (QED) is 0.128. The molecule has 7 rings (SSSR count). The molecule has 6 heteroatoms. The molecule has 6 aromatic rings. The van der Waals surface area contributed by atoms with E-state index >= 15 is 0 Å². The zero-order valence-corrected chi connectivity index (χ0v) is 39.2. The van der Waals surface area contributed by atoms with Crippen molar-refractivity contribution in [3.8, 4) is 23.0 Å². The van der Waals surface area contributed by atoms with Crippen LogP contribution in [0.25, 0.3) is 33.3 Å². The fourth-order valence-electron chi connectivity index (χ4n) is 8.93. The van der Waals surface area contributed by atoms with Crippen molar-refractivity contribution < 1.29 is 25.8 Å². The predicted molar refractivity (Wildman–Crippen MR) is 234 cm³/mol. The summed E-state index contributed by atoms with van der Waals surface area (Å²) in [6.45, 7) is 34.6. The van der Waals surface area contributed by atoms with Gasteiger partial charge in [0.2, 0.25) is 0 Å². The smallest absolute Gasteiger partial charge is 0.509 e. The molecule has 0 aliphatic heterocycles. The van der Waals surface area contributed by atoms with E-state index < -0.39 is 0 Å². The van der Waals surface area contributed by atoms with E-state index in [1.165, 1.54) is 28.8 Å². The van der Waals surface area contributed by atoms with Gasteiger partial charge in [0, 0.05) is 40.4 Å². The maximum Gasteiger partial charge on any atom is 2.00 e. The monoisotopic (exact) mass is 941 g/mol. The van der Waals surface area contributed by atoms with E-state index in [2.05, 4.69) is 186 Å². The predicted octanol–water partition coefficient (Wildman–Crippen LogP) is 13.7. The SMILES string of the molecule is Cc1nn(-c2[c-]c(Oc3[c-]c4c(cc3)c3ccccc3n4-c3cc(C(C)(C)C)ccn3)cc(C(C)(C)C)c2)c(C)c1C1C(C(C)(C)C)=C[C@H](C)C[C@@H]1C(C)(C)C.[Pt+2]. The van der Waals surface area contributed by atoms with Crippen LogP contribution in [0.3, 0.4) is 0 Å². The second-order valence-electron chi connectivity index (χ2n) is 20.6. The van der Waals surface area contributed by atoms with E-state index in [-0.39, 0.29) is 48.6 Å². The Hall–Kier alpha value is -3.95. The third kappa shape index (κ3) is 8.21. The Labute approximate surface area is 356 Å². The van der Waals surface area contributed by atoms with Gasteiger partial charge in [-0.05, 0) is 88.6 Å². The largest absolute Gasteiger partial charge is 2.00 e. The van der Waals surface area contributed by atoms with Gasteiger partial charge in [-0.25, -0.2) is 4.98 Å². The van der Waals surface area contributed by atoms with Crippen LogP contribution in [-0.2, 0) is 31.9 Å². The first-order valence-electron chi connectivity index (χ1n) is 20.5. The number of hydrogen-bond acceptors (Lipinski definition) is 3. The number of aryl methyl sites for hydroxylation is 1. The van der Waals surface area contributed by atoms with Crippen LogP contribution < -0.4 is 4.74 Å². The molecule has 1 aliphatic rings. The van der Waals surface area contributed by atoms with Gasteiger partial charge in [-0.3, -0.25) is 4.68 Å². The number of para-hydroxylation sites is 1. The van der Waals surface area contributed by atoms with Crippen LogP contribution in [0, 0.1) is 48.6 Å². The Bertz CT molecular complexity index is 2470. The van der Waals surface area contributed by atoms with Crippen molar-refractivity contribution in [2.24, 2.45) is 22.7 Å². The molecule has 0 saturated heterocycles. The molecule has 0 N–H and O–H groups in total. The van der Waals surface area contributed by atoms with Crippen molar-refractivity contribution >= 4 is 21.8 Å². The first kappa shape index (κ1) is 42.6. The molecule has 3 atom stereocenters. The van der Waals surface area contributed by atoms with E-state index in [0.29, 0.717) is 23.3 Å². The van der Waals surface area contributed by atoms with Gasteiger partial charge in [-0.1, -0.05) is 125 Å². The molecule has 0 amide bonds. The molecule has 3 heterocycles. The molecular weight excluding hydrogens is 880 g/mol. The third-order valence-electron chi connectivity index (χ3n) is 12.0. The molecule has 0 bridgehead atoms. The van der Waals surface area contributed by atoms with Gasteiger partial charge in [-0.2, -0.15) is 11.2 Å². The number of nitrogens with zero attached hydrogens (tertiary/aromatic N) is 4. The van der Waals surface area contributed by atoms with E-state index in [4.69, 9.17) is 14.8 Å². The molecule has 5 nitrogen and oxygen atoms in total. The van der Waals surface area contributed by atoms with Crippen LogP contribution in [-0.4, -0.2) is 19.3 Å². The van der Waals surface area contributed by atoms with Gasteiger partial charge in [0.15, 0.2) is 0 Å². The van der Waals surface area contributed by atoms with Gasteiger partial charge in [-0.15, -0.1) is 41.3 Å². The van der Waals surface area contributed by atoms with E-state index in [0.717, 1.165) is 44.6 Å². The van der Waals surface area contributed by atoms with Gasteiger partial charge >= 0.3 is 21.1 Å². The van der Waals surface area contributed by atoms with Gasteiger partial charge in [0.05, 0.1) is 5.69 Å². The number of aromatic nitrogens is 4. The minimum atomic E-state index is -0.135. The van der Waals surface area contributed by atoms with Crippen molar-refractivity contribution in [1.82, 2.24) is 19.3 Å². The Morgan fingerprint density at radius 2 is 1.42 bits per heavy atom. The van der Waals surface area contributed by atoms with Crippen molar-refractivity contribution in [3.05, 3.63) is 119 Å². The first-order chi connectivity index (χ1) is 26.0. The number of fused-ring (bicyclic) bond motifs is 3. The molecule has 302 valence electrons. The number of ether oxygens (including phenoxy) is 1. The standard InChI is InChI=1S/C51H62N4O.Pt/c1-31-24-41(50(10,11)12)47(42(25-31)51(13,14)15)46-32(2)53-55(33(46)3)36-26-35(49(7,8)9)27-38(29-36)56-37-20-21-40-39-18-16-17-19-43(39)54(44(40)30-37)45-28-34(22-23-52-45)48(4,5)6;/h16-24,26-28,31,42,47H,25H2,1-15H3;/q-2;+2/t31-,42-,47?;/m0./s1. The fourth-order valence-corrected chi connectivity index (χ4v) is 8.93. The third-order valence-corrected chi connectivity index (χ3v) is 12.0. The summed E-state index contributed by atoms with van der Waals surface area (Å²) in [5.41, 5.74) is 10.4. The summed E-state index contributed by atoms with van der Waals surface area (Å²) in [5.74, 6) is 3.45. The van der Waals surface area contributed by atoms with E-state index in [1.54, 1.807) is 0 Å². The number of rotatable bonds is 5. The van der Waals surface area contributed by atoms with Crippen LogP contribution in [0.15, 0.2) is 78.5 Å². The summed E-state index contributed by atoms with van der Waals surface area (Å²) >= 11 is 0. The summed E-state index contributed by atoms with van der Waals surface area (Å²) in [7, 11) is 0. The molecule has 0 saturated carbocycles. The number of hydrogen-bond donors (Lipinski definition) is 0. The van der Waals surface area contributed by atoms with Crippen molar-refractivity contribution in [2.75, 3.05) is 0 Å². The molecule has 57 heavy (non-hydrogen) atoms. The van der Waals surface area contributed by atoms with Crippen LogP contribution in [0.2, 0.25) is 0 Å². The molecule has 3 aromatic carbocycles. The average molecular weight is 942 g/mol.